The third-order valence-electron chi connectivity index (χ3n) is 6.51. The van der Waals surface area contributed by atoms with E-state index in [0.717, 1.165) is 51.7 Å². The molecule has 0 radical (unpaired) electrons. The molecule has 1 unspecified atom stereocenters. The summed E-state index contributed by atoms with van der Waals surface area (Å²) in [7, 11) is 0. The van der Waals surface area contributed by atoms with Crippen molar-refractivity contribution in [1.82, 2.24) is 19.4 Å². The van der Waals surface area contributed by atoms with Gasteiger partial charge in [0.1, 0.15) is 0 Å². The summed E-state index contributed by atoms with van der Waals surface area (Å²) in [6, 6.07) is 0.388. The van der Waals surface area contributed by atoms with Gasteiger partial charge in [-0.2, -0.15) is 0 Å². The summed E-state index contributed by atoms with van der Waals surface area (Å²) < 4.78 is 2.13. The van der Waals surface area contributed by atoms with Crippen molar-refractivity contribution in [2.75, 3.05) is 19.6 Å². The quantitative estimate of drug-likeness (QED) is 0.830. The van der Waals surface area contributed by atoms with Crippen LogP contribution in [0.4, 0.5) is 0 Å². The van der Waals surface area contributed by atoms with Gasteiger partial charge in [-0.15, -0.1) is 0 Å². The molecule has 1 saturated carbocycles. The summed E-state index contributed by atoms with van der Waals surface area (Å²) in [6.45, 7) is 3.35. The molecule has 3 heterocycles. The predicted octanol–water partition coefficient (Wildman–Crippen LogP) is 2.30. The standard InChI is InChI=1S/C20H30N4O2/c25-19-6-5-17(14-24(19)18-3-1-2-4-18)20(26)23-10-7-16(8-11-23)13-22-12-9-21-15-22/h9,12,15-18H,1-8,10-11,13-14H2. The van der Waals surface area contributed by atoms with Crippen molar-refractivity contribution in [1.29, 1.82) is 0 Å². The number of nitrogens with zero attached hydrogens (tertiary/aromatic N) is 4. The highest BCUT2D eigenvalue weighted by Gasteiger charge is 2.37. The van der Waals surface area contributed by atoms with Gasteiger partial charge in [0, 0.05) is 51.0 Å². The summed E-state index contributed by atoms with van der Waals surface area (Å²) in [4.78, 5) is 33.5. The van der Waals surface area contributed by atoms with Crippen molar-refractivity contribution >= 4 is 11.8 Å². The van der Waals surface area contributed by atoms with Gasteiger partial charge in [0.15, 0.2) is 0 Å². The van der Waals surface area contributed by atoms with Crippen LogP contribution in [0.3, 0.4) is 0 Å². The van der Waals surface area contributed by atoms with Crippen LogP contribution in [0.2, 0.25) is 0 Å². The second-order valence-corrected chi connectivity index (χ2v) is 8.25. The Morgan fingerprint density at radius 3 is 2.58 bits per heavy atom. The molecule has 6 nitrogen and oxygen atoms in total. The van der Waals surface area contributed by atoms with Gasteiger partial charge in [0.05, 0.1) is 12.2 Å². The first kappa shape index (κ1) is 17.6. The number of carbonyl (C=O) groups is 2. The van der Waals surface area contributed by atoms with Crippen LogP contribution >= 0.6 is 0 Å². The Morgan fingerprint density at radius 1 is 1.12 bits per heavy atom. The highest BCUT2D eigenvalue weighted by atomic mass is 16.2. The van der Waals surface area contributed by atoms with E-state index in [4.69, 9.17) is 0 Å². The third-order valence-corrected chi connectivity index (χ3v) is 6.51. The Hall–Kier alpha value is -1.85. The molecule has 3 aliphatic rings. The topological polar surface area (TPSA) is 58.4 Å². The summed E-state index contributed by atoms with van der Waals surface area (Å²) in [5, 5.41) is 0. The van der Waals surface area contributed by atoms with Crippen molar-refractivity contribution in [3.05, 3.63) is 18.7 Å². The molecule has 2 amide bonds. The molecular weight excluding hydrogens is 328 g/mol. The molecule has 26 heavy (non-hydrogen) atoms. The zero-order chi connectivity index (χ0) is 17.9. The molecule has 142 valence electrons. The van der Waals surface area contributed by atoms with Gasteiger partial charge in [0.25, 0.3) is 0 Å². The minimum Gasteiger partial charge on any atom is -0.342 e. The molecule has 4 rings (SSSR count). The number of likely N-dealkylation sites (tertiary alicyclic amines) is 2. The van der Waals surface area contributed by atoms with Gasteiger partial charge < -0.3 is 14.4 Å². The van der Waals surface area contributed by atoms with E-state index in [1.807, 2.05) is 23.6 Å². The van der Waals surface area contributed by atoms with E-state index >= 15 is 0 Å². The number of hydrogen-bond donors (Lipinski definition) is 0. The third kappa shape index (κ3) is 3.79. The van der Waals surface area contributed by atoms with Crippen LogP contribution < -0.4 is 0 Å². The van der Waals surface area contributed by atoms with E-state index in [9.17, 15) is 9.59 Å². The summed E-state index contributed by atoms with van der Waals surface area (Å²) in [5.74, 6) is 1.18. The lowest BCUT2D eigenvalue weighted by atomic mass is 9.91. The fourth-order valence-corrected chi connectivity index (χ4v) is 4.93. The second kappa shape index (κ2) is 7.80. The summed E-state index contributed by atoms with van der Waals surface area (Å²) >= 11 is 0. The SMILES string of the molecule is O=C(C1CCC(=O)N(C2CCCC2)C1)N1CCC(Cn2ccnc2)CC1. The minimum absolute atomic E-state index is 0.0125. The smallest absolute Gasteiger partial charge is 0.227 e. The fourth-order valence-electron chi connectivity index (χ4n) is 4.93. The van der Waals surface area contributed by atoms with Gasteiger partial charge in [-0.3, -0.25) is 9.59 Å². The molecule has 0 bridgehead atoms. The molecule has 0 spiro atoms. The minimum atomic E-state index is 0.0125. The molecule has 0 aromatic carbocycles. The maximum Gasteiger partial charge on any atom is 0.227 e. The first-order valence-electron chi connectivity index (χ1n) is 10.2. The van der Waals surface area contributed by atoms with E-state index in [0.29, 0.717) is 24.9 Å². The molecule has 6 heteroatoms. The zero-order valence-corrected chi connectivity index (χ0v) is 15.6. The number of amides is 2. The Kier molecular flexibility index (Phi) is 5.27. The Balaban J connectivity index is 1.29. The van der Waals surface area contributed by atoms with Crippen molar-refractivity contribution in [3.63, 3.8) is 0 Å². The maximum absolute atomic E-state index is 13.0. The van der Waals surface area contributed by atoms with E-state index in [2.05, 4.69) is 14.5 Å². The van der Waals surface area contributed by atoms with Crippen LogP contribution in [0.5, 0.6) is 0 Å². The number of carbonyl (C=O) groups excluding carboxylic acids is 2. The second-order valence-electron chi connectivity index (χ2n) is 8.25. The van der Waals surface area contributed by atoms with Crippen LogP contribution in [-0.2, 0) is 16.1 Å². The lowest BCUT2D eigenvalue weighted by Gasteiger charge is -2.39. The lowest BCUT2D eigenvalue weighted by molar-refractivity contribution is -0.145. The van der Waals surface area contributed by atoms with Crippen molar-refractivity contribution < 1.29 is 9.59 Å². The van der Waals surface area contributed by atoms with Gasteiger partial charge in [-0.1, -0.05) is 12.8 Å². The van der Waals surface area contributed by atoms with Crippen LogP contribution in [0.15, 0.2) is 18.7 Å². The zero-order valence-electron chi connectivity index (χ0n) is 15.6. The highest BCUT2D eigenvalue weighted by Crippen LogP contribution is 2.30. The first-order chi connectivity index (χ1) is 12.7. The summed E-state index contributed by atoms with van der Waals surface area (Å²) in [6.07, 6.45) is 13.8. The largest absolute Gasteiger partial charge is 0.342 e. The number of hydrogen-bond acceptors (Lipinski definition) is 3. The number of piperidine rings is 2. The average molecular weight is 358 g/mol. The van der Waals surface area contributed by atoms with E-state index < -0.39 is 0 Å². The molecular formula is C20H30N4O2. The van der Waals surface area contributed by atoms with Crippen LogP contribution in [-0.4, -0.2) is 56.8 Å². The van der Waals surface area contributed by atoms with E-state index in [1.54, 1.807) is 0 Å². The molecule has 2 aliphatic heterocycles. The molecule has 1 aliphatic carbocycles. The Morgan fingerprint density at radius 2 is 1.88 bits per heavy atom. The van der Waals surface area contributed by atoms with Crippen molar-refractivity contribution in [2.45, 2.75) is 64.0 Å². The van der Waals surface area contributed by atoms with Gasteiger partial charge in [-0.05, 0) is 38.0 Å². The Bertz CT molecular complexity index is 616. The number of imidazole rings is 1. The molecule has 1 atom stereocenters. The number of aromatic nitrogens is 2. The molecule has 1 aromatic heterocycles. The molecule has 3 fully saturated rings. The average Bonchev–Trinajstić information content (AvgIpc) is 3.36. The lowest BCUT2D eigenvalue weighted by Crippen LogP contribution is -2.51. The van der Waals surface area contributed by atoms with Gasteiger partial charge in [0.2, 0.25) is 11.8 Å². The predicted molar refractivity (Wildman–Crippen MR) is 98.2 cm³/mol. The summed E-state index contributed by atoms with van der Waals surface area (Å²) in [5.41, 5.74) is 0. The molecule has 2 saturated heterocycles. The molecule has 1 aromatic rings. The highest BCUT2D eigenvalue weighted by molar-refractivity contribution is 5.84. The number of rotatable bonds is 4. The van der Waals surface area contributed by atoms with Crippen LogP contribution in [0, 0.1) is 11.8 Å². The van der Waals surface area contributed by atoms with Crippen LogP contribution in [0.1, 0.15) is 51.4 Å². The monoisotopic (exact) mass is 358 g/mol. The molecule has 0 N–H and O–H groups in total. The van der Waals surface area contributed by atoms with E-state index in [1.165, 1.54) is 12.8 Å². The van der Waals surface area contributed by atoms with Crippen LogP contribution in [0.25, 0.3) is 0 Å². The van der Waals surface area contributed by atoms with E-state index in [-0.39, 0.29) is 17.7 Å². The first-order valence-corrected chi connectivity index (χ1v) is 10.2. The van der Waals surface area contributed by atoms with Crippen molar-refractivity contribution in [3.8, 4) is 0 Å². The maximum atomic E-state index is 13.0. The van der Waals surface area contributed by atoms with Gasteiger partial charge >= 0.3 is 0 Å². The van der Waals surface area contributed by atoms with Crippen molar-refractivity contribution in [2.24, 2.45) is 11.8 Å². The van der Waals surface area contributed by atoms with Gasteiger partial charge in [-0.25, -0.2) is 4.98 Å². The Labute approximate surface area is 155 Å². The normalized spacial score (nSPS) is 25.8. The fraction of sp³-hybridized carbons (Fsp3) is 0.750.